The number of aliphatic hydroxyl groups is 3. The second-order valence-electron chi connectivity index (χ2n) is 3.10. The SMILES string of the molecule is OCC(CO)(CO)Nc1ncc(Cl)cn1. The van der Waals surface area contributed by atoms with Crippen LogP contribution in [0.1, 0.15) is 0 Å². The normalized spacial score (nSPS) is 11.5. The van der Waals surface area contributed by atoms with Crippen LogP contribution in [0.5, 0.6) is 0 Å². The molecule has 0 radical (unpaired) electrons. The maximum absolute atomic E-state index is 9.03. The first kappa shape index (κ1) is 12.1. The molecule has 1 rings (SSSR count). The predicted octanol–water partition coefficient (Wildman–Crippen LogP) is -0.742. The van der Waals surface area contributed by atoms with Crippen LogP contribution in [0.25, 0.3) is 0 Å². The van der Waals surface area contributed by atoms with Crippen molar-refractivity contribution in [3.63, 3.8) is 0 Å². The predicted molar refractivity (Wildman–Crippen MR) is 54.7 cm³/mol. The number of nitrogens with one attached hydrogen (secondary N) is 1. The molecule has 0 aliphatic carbocycles. The van der Waals surface area contributed by atoms with Crippen molar-refractivity contribution in [3.8, 4) is 0 Å². The van der Waals surface area contributed by atoms with Gasteiger partial charge in [-0.1, -0.05) is 11.6 Å². The summed E-state index contributed by atoms with van der Waals surface area (Å²) in [7, 11) is 0. The summed E-state index contributed by atoms with van der Waals surface area (Å²) in [6.45, 7) is -1.32. The second-order valence-corrected chi connectivity index (χ2v) is 3.54. The van der Waals surface area contributed by atoms with E-state index in [9.17, 15) is 0 Å². The third-order valence-corrected chi connectivity index (χ3v) is 2.10. The second kappa shape index (κ2) is 5.22. The van der Waals surface area contributed by atoms with Crippen LogP contribution >= 0.6 is 11.6 Å². The van der Waals surface area contributed by atoms with E-state index in [4.69, 9.17) is 26.9 Å². The molecule has 0 saturated carbocycles. The Morgan fingerprint density at radius 2 is 1.60 bits per heavy atom. The number of hydrogen-bond donors (Lipinski definition) is 4. The highest BCUT2D eigenvalue weighted by Crippen LogP contribution is 2.12. The summed E-state index contributed by atoms with van der Waals surface area (Å²) in [4.78, 5) is 7.64. The van der Waals surface area contributed by atoms with Crippen LogP contribution in [0.2, 0.25) is 5.02 Å². The van der Waals surface area contributed by atoms with Gasteiger partial charge in [0.15, 0.2) is 0 Å². The minimum Gasteiger partial charge on any atom is -0.394 e. The van der Waals surface area contributed by atoms with Gasteiger partial charge in [-0.2, -0.15) is 0 Å². The van der Waals surface area contributed by atoms with Crippen LogP contribution < -0.4 is 5.32 Å². The number of hydrogen-bond acceptors (Lipinski definition) is 6. The fraction of sp³-hybridized carbons (Fsp3) is 0.500. The van der Waals surface area contributed by atoms with Crippen molar-refractivity contribution in [2.45, 2.75) is 5.54 Å². The molecule has 0 unspecified atom stereocenters. The van der Waals surface area contributed by atoms with Crippen LogP contribution in [0, 0.1) is 0 Å². The van der Waals surface area contributed by atoms with E-state index in [0.717, 1.165) is 0 Å². The first-order valence-corrected chi connectivity index (χ1v) is 4.62. The zero-order valence-electron chi connectivity index (χ0n) is 7.89. The van der Waals surface area contributed by atoms with E-state index in [2.05, 4.69) is 15.3 Å². The molecule has 1 heterocycles. The van der Waals surface area contributed by atoms with Crippen LogP contribution in [-0.2, 0) is 0 Å². The molecule has 0 spiro atoms. The largest absolute Gasteiger partial charge is 0.394 e. The molecule has 0 atom stereocenters. The van der Waals surface area contributed by atoms with E-state index < -0.39 is 25.4 Å². The van der Waals surface area contributed by atoms with Gasteiger partial charge in [-0.3, -0.25) is 0 Å². The lowest BCUT2D eigenvalue weighted by atomic mass is 10.0. The van der Waals surface area contributed by atoms with Gasteiger partial charge in [-0.15, -0.1) is 0 Å². The lowest BCUT2D eigenvalue weighted by molar-refractivity contribution is 0.0828. The minimum atomic E-state index is -1.23. The van der Waals surface area contributed by atoms with Gasteiger partial charge in [0.2, 0.25) is 5.95 Å². The summed E-state index contributed by atoms with van der Waals surface area (Å²) in [6, 6.07) is 0. The quantitative estimate of drug-likeness (QED) is 0.535. The Morgan fingerprint density at radius 3 is 2.00 bits per heavy atom. The highest BCUT2D eigenvalue weighted by atomic mass is 35.5. The smallest absolute Gasteiger partial charge is 0.223 e. The number of anilines is 1. The molecule has 1 aromatic rings. The van der Waals surface area contributed by atoms with Gasteiger partial charge >= 0.3 is 0 Å². The molecule has 0 saturated heterocycles. The highest BCUT2D eigenvalue weighted by molar-refractivity contribution is 6.30. The third kappa shape index (κ3) is 3.00. The molecule has 0 amide bonds. The summed E-state index contributed by atoms with van der Waals surface area (Å²) in [5.41, 5.74) is -1.23. The molecule has 6 nitrogen and oxygen atoms in total. The molecule has 0 fully saturated rings. The Hall–Kier alpha value is -0.950. The molecule has 0 aliphatic heterocycles. The van der Waals surface area contributed by atoms with Crippen molar-refractivity contribution in [2.24, 2.45) is 0 Å². The zero-order valence-corrected chi connectivity index (χ0v) is 8.65. The van der Waals surface area contributed by atoms with Gasteiger partial charge < -0.3 is 20.6 Å². The fourth-order valence-electron chi connectivity index (χ4n) is 0.883. The Bertz CT molecular complexity index is 294. The van der Waals surface area contributed by atoms with E-state index in [-0.39, 0.29) is 5.95 Å². The van der Waals surface area contributed by atoms with Gasteiger partial charge in [0.25, 0.3) is 0 Å². The topological polar surface area (TPSA) is 98.5 Å². The third-order valence-electron chi connectivity index (χ3n) is 1.91. The van der Waals surface area contributed by atoms with Crippen LogP contribution in [0.15, 0.2) is 12.4 Å². The lowest BCUT2D eigenvalue weighted by Gasteiger charge is -2.28. The number of aliphatic hydroxyl groups excluding tert-OH is 3. The Kier molecular flexibility index (Phi) is 4.22. The molecular formula is C8H12ClN3O3. The van der Waals surface area contributed by atoms with Crippen molar-refractivity contribution in [3.05, 3.63) is 17.4 Å². The molecule has 7 heteroatoms. The Labute approximate surface area is 91.6 Å². The van der Waals surface area contributed by atoms with Crippen LogP contribution in [-0.4, -0.2) is 50.6 Å². The first-order valence-electron chi connectivity index (χ1n) is 4.24. The number of rotatable bonds is 5. The van der Waals surface area contributed by atoms with Gasteiger partial charge in [0, 0.05) is 0 Å². The van der Waals surface area contributed by atoms with Crippen LogP contribution in [0.4, 0.5) is 5.95 Å². The molecular weight excluding hydrogens is 222 g/mol. The van der Waals surface area contributed by atoms with Gasteiger partial charge in [0.1, 0.15) is 5.54 Å². The molecule has 0 bridgehead atoms. The number of halogens is 1. The van der Waals surface area contributed by atoms with Crippen molar-refractivity contribution < 1.29 is 15.3 Å². The zero-order chi connectivity index (χ0) is 11.3. The summed E-state index contributed by atoms with van der Waals surface area (Å²) >= 11 is 5.58. The van der Waals surface area contributed by atoms with E-state index in [1.54, 1.807) is 0 Å². The minimum absolute atomic E-state index is 0.177. The van der Waals surface area contributed by atoms with Crippen molar-refractivity contribution in [1.82, 2.24) is 9.97 Å². The van der Waals surface area contributed by atoms with Crippen molar-refractivity contribution in [1.29, 1.82) is 0 Å². The van der Waals surface area contributed by atoms with E-state index in [0.29, 0.717) is 5.02 Å². The van der Waals surface area contributed by atoms with Gasteiger partial charge in [-0.25, -0.2) is 9.97 Å². The summed E-state index contributed by atoms with van der Waals surface area (Å²) in [6.07, 6.45) is 2.74. The molecule has 15 heavy (non-hydrogen) atoms. The van der Waals surface area contributed by atoms with E-state index in [1.165, 1.54) is 12.4 Å². The van der Waals surface area contributed by atoms with E-state index in [1.807, 2.05) is 0 Å². The molecule has 1 aromatic heterocycles. The average Bonchev–Trinajstić information content (AvgIpc) is 2.29. The maximum atomic E-state index is 9.03. The standard InChI is InChI=1S/C8H12ClN3O3/c9-6-1-10-7(11-2-6)12-8(3-13,4-14)5-15/h1-2,13-15H,3-5H2,(H,10,11,12). The molecule has 0 aliphatic rings. The van der Waals surface area contributed by atoms with Crippen molar-refractivity contribution in [2.75, 3.05) is 25.1 Å². The Balaban J connectivity index is 2.78. The molecule has 0 aromatic carbocycles. The van der Waals surface area contributed by atoms with E-state index >= 15 is 0 Å². The monoisotopic (exact) mass is 233 g/mol. The first-order chi connectivity index (χ1) is 7.15. The highest BCUT2D eigenvalue weighted by Gasteiger charge is 2.28. The molecule has 84 valence electrons. The number of nitrogens with zero attached hydrogens (tertiary/aromatic N) is 2. The Morgan fingerprint density at radius 1 is 1.13 bits per heavy atom. The maximum Gasteiger partial charge on any atom is 0.223 e. The van der Waals surface area contributed by atoms with Gasteiger partial charge in [-0.05, 0) is 0 Å². The molecule has 4 N–H and O–H groups in total. The lowest BCUT2D eigenvalue weighted by Crippen LogP contribution is -2.49. The van der Waals surface area contributed by atoms with Crippen molar-refractivity contribution >= 4 is 17.5 Å². The van der Waals surface area contributed by atoms with Crippen LogP contribution in [0.3, 0.4) is 0 Å². The average molecular weight is 234 g/mol. The summed E-state index contributed by atoms with van der Waals surface area (Å²) < 4.78 is 0. The summed E-state index contributed by atoms with van der Waals surface area (Å²) in [5, 5.41) is 30.1. The van der Waals surface area contributed by atoms with Gasteiger partial charge in [0.05, 0.1) is 37.2 Å². The summed E-state index contributed by atoms with van der Waals surface area (Å²) in [5.74, 6) is 0.177. The fourth-order valence-corrected chi connectivity index (χ4v) is 0.980. The number of aromatic nitrogens is 2.